The van der Waals surface area contributed by atoms with Crippen molar-refractivity contribution in [1.29, 1.82) is 0 Å². The standard InChI is InChI=1S/C20H29N5O2.HI/c1-2-27-20(26)25-13-9-17(10-14-25)23-19(21)22-15-16-5-7-18(8-6-16)24-11-3-4-12-24;/h3-8,17H,2,9-15H2,1H3,(H3,21,22,23);1H. The summed E-state index contributed by atoms with van der Waals surface area (Å²) in [4.78, 5) is 20.2. The number of hydrogen-bond donors (Lipinski definition) is 2. The van der Waals surface area contributed by atoms with Gasteiger partial charge < -0.3 is 25.6 Å². The predicted octanol–water partition coefficient (Wildman–Crippen LogP) is 2.71. The van der Waals surface area contributed by atoms with Crippen LogP contribution in [0.25, 0.3) is 0 Å². The Morgan fingerprint density at radius 2 is 1.86 bits per heavy atom. The van der Waals surface area contributed by atoms with Gasteiger partial charge in [0.2, 0.25) is 0 Å². The van der Waals surface area contributed by atoms with E-state index in [4.69, 9.17) is 10.5 Å². The zero-order chi connectivity index (χ0) is 19.1. The number of nitrogens with one attached hydrogen (secondary N) is 1. The maximum Gasteiger partial charge on any atom is 0.409 e. The molecular weight excluding hydrogens is 469 g/mol. The first-order chi connectivity index (χ1) is 13.2. The van der Waals surface area contributed by atoms with Gasteiger partial charge in [-0.1, -0.05) is 24.3 Å². The van der Waals surface area contributed by atoms with E-state index in [-0.39, 0.29) is 36.1 Å². The van der Waals surface area contributed by atoms with Crippen LogP contribution in [0.4, 0.5) is 10.5 Å². The second-order valence-electron chi connectivity index (χ2n) is 6.85. The summed E-state index contributed by atoms with van der Waals surface area (Å²) in [6.07, 6.45) is 5.82. The van der Waals surface area contributed by atoms with E-state index in [1.54, 1.807) is 4.90 Å². The molecule has 1 saturated heterocycles. The lowest BCUT2D eigenvalue weighted by atomic mass is 10.1. The van der Waals surface area contributed by atoms with Gasteiger partial charge in [0.1, 0.15) is 0 Å². The van der Waals surface area contributed by atoms with Crippen molar-refractivity contribution in [2.24, 2.45) is 10.7 Å². The lowest BCUT2D eigenvalue weighted by Crippen LogP contribution is -2.48. The average molecular weight is 499 g/mol. The third-order valence-electron chi connectivity index (χ3n) is 4.92. The van der Waals surface area contributed by atoms with E-state index in [2.05, 4.69) is 51.6 Å². The number of anilines is 1. The van der Waals surface area contributed by atoms with Gasteiger partial charge in [-0.05, 0) is 37.5 Å². The zero-order valence-electron chi connectivity index (χ0n) is 16.3. The number of guanidine groups is 1. The summed E-state index contributed by atoms with van der Waals surface area (Å²) in [6, 6.07) is 8.70. The predicted molar refractivity (Wildman–Crippen MR) is 123 cm³/mol. The molecule has 0 spiro atoms. The molecule has 0 aliphatic carbocycles. The molecule has 28 heavy (non-hydrogen) atoms. The van der Waals surface area contributed by atoms with E-state index in [0.29, 0.717) is 32.2 Å². The number of aliphatic imine (C=N–C) groups is 1. The summed E-state index contributed by atoms with van der Waals surface area (Å²) in [6.45, 7) is 6.09. The molecule has 2 aliphatic heterocycles. The van der Waals surface area contributed by atoms with Gasteiger partial charge in [-0.3, -0.25) is 0 Å². The van der Waals surface area contributed by atoms with Crippen LogP contribution in [0, 0.1) is 0 Å². The molecule has 0 bridgehead atoms. The van der Waals surface area contributed by atoms with Crippen molar-refractivity contribution in [2.75, 3.05) is 37.7 Å². The molecule has 0 unspecified atom stereocenters. The number of amides is 1. The Morgan fingerprint density at radius 1 is 1.21 bits per heavy atom. The van der Waals surface area contributed by atoms with Crippen molar-refractivity contribution in [2.45, 2.75) is 32.4 Å². The highest BCUT2D eigenvalue weighted by Gasteiger charge is 2.23. The molecule has 1 aromatic rings. The van der Waals surface area contributed by atoms with Gasteiger partial charge in [0, 0.05) is 37.9 Å². The molecular formula is C20H30IN5O2. The second-order valence-corrected chi connectivity index (χ2v) is 6.85. The molecule has 154 valence electrons. The summed E-state index contributed by atoms with van der Waals surface area (Å²) >= 11 is 0. The van der Waals surface area contributed by atoms with Crippen LogP contribution in [0.2, 0.25) is 0 Å². The van der Waals surface area contributed by atoms with Gasteiger partial charge in [-0.25, -0.2) is 9.79 Å². The number of ether oxygens (including phenoxy) is 1. The minimum absolute atomic E-state index is 0. The molecule has 8 heteroatoms. The van der Waals surface area contributed by atoms with Crippen LogP contribution >= 0.6 is 24.0 Å². The normalized spacial score (nSPS) is 17.4. The van der Waals surface area contributed by atoms with E-state index in [9.17, 15) is 4.79 Å². The number of carbonyl (C=O) groups is 1. The Morgan fingerprint density at radius 3 is 2.46 bits per heavy atom. The van der Waals surface area contributed by atoms with Crippen molar-refractivity contribution in [3.63, 3.8) is 0 Å². The summed E-state index contributed by atoms with van der Waals surface area (Å²) in [5.74, 6) is 0.456. The topological polar surface area (TPSA) is 83.2 Å². The number of benzene rings is 1. The van der Waals surface area contributed by atoms with Crippen molar-refractivity contribution in [1.82, 2.24) is 10.2 Å². The van der Waals surface area contributed by atoms with Gasteiger partial charge in [-0.2, -0.15) is 0 Å². The van der Waals surface area contributed by atoms with Crippen LogP contribution in [0.15, 0.2) is 41.4 Å². The number of nitrogens with zero attached hydrogens (tertiary/aromatic N) is 3. The fourth-order valence-corrected chi connectivity index (χ4v) is 3.35. The quantitative estimate of drug-likeness (QED) is 0.282. The fraction of sp³-hybridized carbons (Fsp3) is 0.500. The van der Waals surface area contributed by atoms with Crippen LogP contribution in [0.1, 0.15) is 25.3 Å². The van der Waals surface area contributed by atoms with Crippen molar-refractivity contribution >= 4 is 41.7 Å². The molecule has 2 heterocycles. The van der Waals surface area contributed by atoms with Gasteiger partial charge >= 0.3 is 6.09 Å². The van der Waals surface area contributed by atoms with Crippen LogP contribution in [-0.2, 0) is 11.3 Å². The van der Waals surface area contributed by atoms with E-state index in [0.717, 1.165) is 31.5 Å². The van der Waals surface area contributed by atoms with Crippen molar-refractivity contribution in [3.8, 4) is 0 Å². The maximum atomic E-state index is 11.7. The van der Waals surface area contributed by atoms with Crippen LogP contribution in [0.3, 0.4) is 0 Å². The molecule has 1 fully saturated rings. The van der Waals surface area contributed by atoms with Crippen molar-refractivity contribution < 1.29 is 9.53 Å². The molecule has 2 aliphatic rings. The average Bonchev–Trinajstić information content (AvgIpc) is 3.22. The Bertz CT molecular complexity index is 676. The van der Waals surface area contributed by atoms with Crippen LogP contribution in [0.5, 0.6) is 0 Å². The SMILES string of the molecule is CCOC(=O)N1CCC(NC(N)=NCc2ccc(N3CC=CC3)cc2)CC1.I. The van der Waals surface area contributed by atoms with E-state index in [1.165, 1.54) is 5.69 Å². The lowest BCUT2D eigenvalue weighted by molar-refractivity contribution is 0.0963. The maximum absolute atomic E-state index is 11.7. The summed E-state index contributed by atoms with van der Waals surface area (Å²) in [7, 11) is 0. The van der Waals surface area contributed by atoms with E-state index in [1.807, 2.05) is 6.92 Å². The molecule has 1 aromatic carbocycles. The summed E-state index contributed by atoms with van der Waals surface area (Å²) in [5, 5.41) is 3.27. The Labute approximate surface area is 184 Å². The highest BCUT2D eigenvalue weighted by Crippen LogP contribution is 2.18. The molecule has 7 nitrogen and oxygen atoms in total. The van der Waals surface area contributed by atoms with Crippen molar-refractivity contribution in [3.05, 3.63) is 42.0 Å². The number of piperidine rings is 1. The highest BCUT2D eigenvalue weighted by molar-refractivity contribution is 14.0. The van der Waals surface area contributed by atoms with Crippen LogP contribution < -0.4 is 16.0 Å². The van der Waals surface area contributed by atoms with Crippen LogP contribution in [-0.4, -0.2) is 55.8 Å². The fourth-order valence-electron chi connectivity index (χ4n) is 3.35. The van der Waals surface area contributed by atoms with Gasteiger partial charge in [-0.15, -0.1) is 24.0 Å². The minimum atomic E-state index is -0.231. The third kappa shape index (κ3) is 6.29. The molecule has 1 amide bonds. The lowest BCUT2D eigenvalue weighted by Gasteiger charge is -2.31. The molecule has 0 radical (unpaired) electrons. The first-order valence-electron chi connectivity index (χ1n) is 9.62. The minimum Gasteiger partial charge on any atom is -0.450 e. The van der Waals surface area contributed by atoms with E-state index < -0.39 is 0 Å². The summed E-state index contributed by atoms with van der Waals surface area (Å²) in [5.41, 5.74) is 8.40. The number of carbonyl (C=O) groups excluding carboxylic acids is 1. The Kier molecular flexibility index (Phi) is 8.88. The molecule has 0 atom stereocenters. The number of halogens is 1. The number of likely N-dealkylation sites (tertiary alicyclic amines) is 1. The Balaban J connectivity index is 0.00000280. The molecule has 0 aromatic heterocycles. The first kappa shape index (κ1) is 22.3. The monoisotopic (exact) mass is 499 g/mol. The van der Waals surface area contributed by atoms with Gasteiger partial charge in [0.25, 0.3) is 0 Å². The molecule has 0 saturated carbocycles. The number of rotatable bonds is 5. The largest absolute Gasteiger partial charge is 0.450 e. The second kappa shape index (κ2) is 11.1. The van der Waals surface area contributed by atoms with Gasteiger partial charge in [0.15, 0.2) is 5.96 Å². The molecule has 3 N–H and O–H groups in total. The first-order valence-corrected chi connectivity index (χ1v) is 9.62. The number of hydrogen-bond acceptors (Lipinski definition) is 4. The Hall–Kier alpha value is -1.97. The third-order valence-corrected chi connectivity index (χ3v) is 4.92. The smallest absolute Gasteiger partial charge is 0.409 e. The van der Waals surface area contributed by atoms with Gasteiger partial charge in [0.05, 0.1) is 13.2 Å². The van der Waals surface area contributed by atoms with E-state index >= 15 is 0 Å². The number of nitrogens with two attached hydrogens (primary N) is 1. The summed E-state index contributed by atoms with van der Waals surface area (Å²) < 4.78 is 5.04. The highest BCUT2D eigenvalue weighted by atomic mass is 127. The molecule has 3 rings (SSSR count). The zero-order valence-corrected chi connectivity index (χ0v) is 18.7.